The minimum absolute atomic E-state index is 0.140. The highest BCUT2D eigenvalue weighted by molar-refractivity contribution is 9.10. The van der Waals surface area contributed by atoms with E-state index in [1.807, 2.05) is 51.1 Å². The van der Waals surface area contributed by atoms with Gasteiger partial charge in [-0.15, -0.1) is 0 Å². The Bertz CT molecular complexity index is 861. The van der Waals surface area contributed by atoms with Gasteiger partial charge in [-0.3, -0.25) is 9.59 Å². The molecule has 0 spiro atoms. The first kappa shape index (κ1) is 25.2. The van der Waals surface area contributed by atoms with Crippen LogP contribution in [-0.4, -0.2) is 42.5 Å². The second-order valence-electron chi connectivity index (χ2n) is 7.75. The molecule has 0 fully saturated rings. The molecule has 0 radical (unpaired) electrons. The van der Waals surface area contributed by atoms with Crippen LogP contribution in [0.2, 0.25) is 5.02 Å². The third-order valence-corrected chi connectivity index (χ3v) is 5.59. The van der Waals surface area contributed by atoms with Crippen molar-refractivity contribution in [1.29, 1.82) is 0 Å². The van der Waals surface area contributed by atoms with Crippen molar-refractivity contribution in [2.75, 3.05) is 19.7 Å². The second-order valence-corrected chi connectivity index (χ2v) is 9.07. The normalized spacial score (nSPS) is 11.8. The van der Waals surface area contributed by atoms with Crippen molar-refractivity contribution < 1.29 is 14.3 Å². The summed E-state index contributed by atoms with van der Waals surface area (Å²) in [4.78, 5) is 27.6. The molecule has 0 saturated carbocycles. The molecule has 0 bridgehead atoms. The predicted molar refractivity (Wildman–Crippen MR) is 128 cm³/mol. The summed E-state index contributed by atoms with van der Waals surface area (Å²) in [6.07, 6.45) is 1.17. The molecule has 2 aromatic rings. The maximum atomic E-state index is 13.1. The maximum absolute atomic E-state index is 13.1. The predicted octanol–water partition coefficient (Wildman–Crippen LogP) is 5.10. The number of rotatable bonds is 11. The van der Waals surface area contributed by atoms with Gasteiger partial charge in [-0.25, -0.2) is 0 Å². The van der Waals surface area contributed by atoms with Crippen LogP contribution in [0.4, 0.5) is 0 Å². The van der Waals surface area contributed by atoms with Crippen molar-refractivity contribution in [3.05, 3.63) is 63.6 Å². The number of amides is 2. The van der Waals surface area contributed by atoms with Crippen molar-refractivity contribution in [1.82, 2.24) is 10.2 Å². The van der Waals surface area contributed by atoms with Crippen molar-refractivity contribution in [3.63, 3.8) is 0 Å². The third kappa shape index (κ3) is 8.19. The van der Waals surface area contributed by atoms with E-state index in [2.05, 4.69) is 21.2 Å². The summed E-state index contributed by atoms with van der Waals surface area (Å²) in [5.74, 6) is 0.372. The van der Waals surface area contributed by atoms with E-state index in [1.54, 1.807) is 23.1 Å². The van der Waals surface area contributed by atoms with E-state index in [1.165, 1.54) is 0 Å². The summed E-state index contributed by atoms with van der Waals surface area (Å²) in [7, 11) is 0. The number of nitrogens with one attached hydrogen (secondary N) is 1. The lowest BCUT2D eigenvalue weighted by atomic mass is 10.1. The van der Waals surface area contributed by atoms with Gasteiger partial charge in [0.2, 0.25) is 5.91 Å². The number of benzene rings is 2. The number of nitrogens with zero attached hydrogens (tertiary/aromatic N) is 1. The van der Waals surface area contributed by atoms with Gasteiger partial charge in [-0.05, 0) is 42.5 Å². The SMILES string of the molecule is CCC(C(=O)NCC(C)C)N(CCc1ccccc1)C(=O)COc1ccc(Br)cc1Cl. The van der Waals surface area contributed by atoms with Crippen LogP contribution in [0.3, 0.4) is 0 Å². The van der Waals surface area contributed by atoms with Gasteiger partial charge in [0.15, 0.2) is 6.61 Å². The number of halogens is 2. The molecule has 0 aliphatic rings. The molecular weight excluding hydrogens is 480 g/mol. The fourth-order valence-corrected chi connectivity index (χ4v) is 3.86. The van der Waals surface area contributed by atoms with Crippen LogP contribution in [0.1, 0.15) is 32.8 Å². The lowest BCUT2D eigenvalue weighted by molar-refractivity contribution is -0.142. The van der Waals surface area contributed by atoms with Crippen molar-refractivity contribution in [3.8, 4) is 5.75 Å². The maximum Gasteiger partial charge on any atom is 0.261 e. The molecule has 2 aromatic carbocycles. The highest BCUT2D eigenvalue weighted by atomic mass is 79.9. The average molecular weight is 510 g/mol. The van der Waals surface area contributed by atoms with Gasteiger partial charge in [0.1, 0.15) is 11.8 Å². The number of carbonyl (C=O) groups is 2. The van der Waals surface area contributed by atoms with Gasteiger partial charge in [0, 0.05) is 17.6 Å². The zero-order valence-electron chi connectivity index (χ0n) is 18.2. The van der Waals surface area contributed by atoms with Gasteiger partial charge in [0.05, 0.1) is 5.02 Å². The van der Waals surface area contributed by atoms with Crippen molar-refractivity contribution in [2.24, 2.45) is 5.92 Å². The smallest absolute Gasteiger partial charge is 0.261 e. The first-order valence-corrected chi connectivity index (χ1v) is 11.7. The zero-order chi connectivity index (χ0) is 22.8. The van der Waals surface area contributed by atoms with Crippen molar-refractivity contribution >= 4 is 39.3 Å². The van der Waals surface area contributed by atoms with Gasteiger partial charge in [-0.2, -0.15) is 0 Å². The van der Waals surface area contributed by atoms with E-state index in [-0.39, 0.29) is 18.4 Å². The minimum Gasteiger partial charge on any atom is -0.482 e. The van der Waals surface area contributed by atoms with Crippen LogP contribution in [0.15, 0.2) is 53.0 Å². The highest BCUT2D eigenvalue weighted by Crippen LogP contribution is 2.27. The topological polar surface area (TPSA) is 58.6 Å². The van der Waals surface area contributed by atoms with E-state index >= 15 is 0 Å². The van der Waals surface area contributed by atoms with Crippen molar-refractivity contribution in [2.45, 2.75) is 39.7 Å². The molecule has 1 unspecified atom stereocenters. The lowest BCUT2D eigenvalue weighted by Crippen LogP contribution is -2.51. The summed E-state index contributed by atoms with van der Waals surface area (Å²) in [5, 5.41) is 3.37. The Balaban J connectivity index is 2.13. The molecule has 0 aliphatic heterocycles. The minimum atomic E-state index is -0.557. The van der Waals surface area contributed by atoms with Crippen LogP contribution < -0.4 is 10.1 Å². The summed E-state index contributed by atoms with van der Waals surface area (Å²) < 4.78 is 6.51. The molecule has 7 heteroatoms. The van der Waals surface area contributed by atoms with Gasteiger partial charge >= 0.3 is 0 Å². The molecule has 168 valence electrons. The highest BCUT2D eigenvalue weighted by Gasteiger charge is 2.28. The molecule has 1 atom stereocenters. The molecule has 2 amide bonds. The summed E-state index contributed by atoms with van der Waals surface area (Å²) in [6.45, 7) is 6.79. The zero-order valence-corrected chi connectivity index (χ0v) is 20.6. The molecule has 0 aliphatic carbocycles. The van der Waals surface area contributed by atoms with Crippen LogP contribution in [-0.2, 0) is 16.0 Å². The fraction of sp³-hybridized carbons (Fsp3) is 0.417. The fourth-order valence-electron chi connectivity index (χ4n) is 3.13. The molecule has 1 N–H and O–H groups in total. The largest absolute Gasteiger partial charge is 0.482 e. The molecule has 0 saturated heterocycles. The molecule has 2 rings (SSSR count). The van der Waals surface area contributed by atoms with E-state index in [0.717, 1.165) is 10.0 Å². The molecular formula is C24H30BrClN2O3. The Hall–Kier alpha value is -2.05. The van der Waals surface area contributed by atoms with Crippen LogP contribution >= 0.6 is 27.5 Å². The van der Waals surface area contributed by atoms with Crippen LogP contribution in [0.25, 0.3) is 0 Å². The Morgan fingerprint density at radius 3 is 2.48 bits per heavy atom. The molecule has 0 aromatic heterocycles. The Labute approximate surface area is 198 Å². The Morgan fingerprint density at radius 2 is 1.87 bits per heavy atom. The van der Waals surface area contributed by atoms with E-state index in [9.17, 15) is 9.59 Å². The van der Waals surface area contributed by atoms with Gasteiger partial charge in [-0.1, -0.05) is 78.6 Å². The van der Waals surface area contributed by atoms with Gasteiger partial charge < -0.3 is 15.0 Å². The molecule has 0 heterocycles. The Morgan fingerprint density at radius 1 is 1.16 bits per heavy atom. The molecule has 31 heavy (non-hydrogen) atoms. The monoisotopic (exact) mass is 508 g/mol. The standard InChI is InChI=1S/C24H30BrClN2O3/c1-4-21(24(30)27-15-17(2)3)28(13-12-18-8-6-5-7-9-18)23(29)16-31-22-11-10-19(25)14-20(22)26/h5-11,14,17,21H,4,12-13,15-16H2,1-3H3,(H,27,30). The number of carbonyl (C=O) groups excluding carboxylic acids is 2. The Kier molecular flexibility index (Phi) is 10.3. The van der Waals surface area contributed by atoms with Crippen LogP contribution in [0, 0.1) is 5.92 Å². The van der Waals surface area contributed by atoms with E-state index in [0.29, 0.717) is 42.6 Å². The number of ether oxygens (including phenoxy) is 1. The quantitative estimate of drug-likeness (QED) is 0.458. The summed E-state index contributed by atoms with van der Waals surface area (Å²) in [5.41, 5.74) is 1.11. The second kappa shape index (κ2) is 12.7. The van der Waals surface area contributed by atoms with Crippen LogP contribution in [0.5, 0.6) is 5.75 Å². The lowest BCUT2D eigenvalue weighted by Gasteiger charge is -2.30. The summed E-state index contributed by atoms with van der Waals surface area (Å²) in [6, 6.07) is 14.6. The number of hydrogen-bond donors (Lipinski definition) is 1. The third-order valence-electron chi connectivity index (χ3n) is 4.80. The molecule has 5 nitrogen and oxygen atoms in total. The number of hydrogen-bond acceptors (Lipinski definition) is 3. The summed E-state index contributed by atoms with van der Waals surface area (Å²) >= 11 is 9.55. The van der Waals surface area contributed by atoms with E-state index < -0.39 is 6.04 Å². The van der Waals surface area contributed by atoms with E-state index in [4.69, 9.17) is 16.3 Å². The van der Waals surface area contributed by atoms with Gasteiger partial charge in [0.25, 0.3) is 5.91 Å². The first-order valence-electron chi connectivity index (χ1n) is 10.5. The first-order chi connectivity index (χ1) is 14.8. The average Bonchev–Trinajstić information content (AvgIpc) is 2.74.